The lowest BCUT2D eigenvalue weighted by Crippen LogP contribution is -2.21. The van der Waals surface area contributed by atoms with Crippen molar-refractivity contribution in [3.05, 3.63) is 23.8 Å². The third-order valence-electron chi connectivity index (χ3n) is 2.82. The van der Waals surface area contributed by atoms with Crippen molar-refractivity contribution in [1.29, 1.82) is 0 Å². The molecule has 0 bridgehead atoms. The van der Waals surface area contributed by atoms with Crippen LogP contribution in [0.1, 0.15) is 32.8 Å². The van der Waals surface area contributed by atoms with Gasteiger partial charge >= 0.3 is 0 Å². The van der Waals surface area contributed by atoms with Crippen molar-refractivity contribution in [2.75, 3.05) is 17.2 Å². The summed E-state index contributed by atoms with van der Waals surface area (Å²) < 4.78 is 0. The molecule has 1 aromatic carbocycles. The fourth-order valence-corrected chi connectivity index (χ4v) is 1.86. The molecular formula is C14H20N2O. The summed E-state index contributed by atoms with van der Waals surface area (Å²) >= 11 is 0. The quantitative estimate of drug-likeness (QED) is 0.823. The van der Waals surface area contributed by atoms with Gasteiger partial charge in [0.1, 0.15) is 0 Å². The van der Waals surface area contributed by atoms with E-state index in [1.165, 1.54) is 5.56 Å². The highest BCUT2D eigenvalue weighted by Gasteiger charge is 2.15. The summed E-state index contributed by atoms with van der Waals surface area (Å²) in [5.41, 5.74) is 3.59. The Morgan fingerprint density at radius 1 is 1.29 bits per heavy atom. The highest BCUT2D eigenvalue weighted by atomic mass is 16.1. The summed E-state index contributed by atoms with van der Waals surface area (Å²) in [6.07, 6.45) is 1.43. The van der Waals surface area contributed by atoms with Crippen molar-refractivity contribution in [2.24, 2.45) is 5.41 Å². The van der Waals surface area contributed by atoms with Gasteiger partial charge in [-0.05, 0) is 35.6 Å². The number of amides is 1. The molecule has 0 unspecified atom stereocenters. The molecule has 2 N–H and O–H groups in total. The molecule has 0 atom stereocenters. The molecule has 3 heteroatoms. The zero-order chi connectivity index (χ0) is 12.5. The van der Waals surface area contributed by atoms with E-state index in [-0.39, 0.29) is 11.3 Å². The molecule has 1 aliphatic rings. The van der Waals surface area contributed by atoms with Gasteiger partial charge in [-0.2, -0.15) is 0 Å². The normalized spacial score (nSPS) is 15.1. The van der Waals surface area contributed by atoms with Crippen molar-refractivity contribution in [3.63, 3.8) is 0 Å². The Labute approximate surface area is 103 Å². The van der Waals surface area contributed by atoms with Crippen LogP contribution in [0, 0.1) is 5.41 Å². The van der Waals surface area contributed by atoms with Crippen LogP contribution in [-0.4, -0.2) is 12.5 Å². The van der Waals surface area contributed by atoms with Gasteiger partial charge in [0.05, 0.1) is 0 Å². The van der Waals surface area contributed by atoms with Crippen LogP contribution in [0.5, 0.6) is 0 Å². The lowest BCUT2D eigenvalue weighted by Gasteiger charge is -2.22. The molecule has 1 aliphatic heterocycles. The van der Waals surface area contributed by atoms with Crippen LogP contribution in [0.4, 0.5) is 11.4 Å². The minimum absolute atomic E-state index is 0.118. The van der Waals surface area contributed by atoms with Gasteiger partial charge in [0, 0.05) is 24.3 Å². The Morgan fingerprint density at radius 3 is 2.76 bits per heavy atom. The average molecular weight is 232 g/mol. The Hall–Kier alpha value is -1.51. The van der Waals surface area contributed by atoms with Crippen molar-refractivity contribution < 1.29 is 4.79 Å². The van der Waals surface area contributed by atoms with E-state index in [2.05, 4.69) is 37.5 Å². The van der Waals surface area contributed by atoms with E-state index in [4.69, 9.17) is 0 Å². The van der Waals surface area contributed by atoms with E-state index in [0.717, 1.165) is 24.3 Å². The van der Waals surface area contributed by atoms with E-state index >= 15 is 0 Å². The van der Waals surface area contributed by atoms with E-state index in [1.54, 1.807) is 0 Å². The third kappa shape index (κ3) is 3.22. The summed E-state index contributed by atoms with van der Waals surface area (Å²) in [6.45, 7) is 7.56. The van der Waals surface area contributed by atoms with Gasteiger partial charge < -0.3 is 10.6 Å². The number of anilines is 2. The van der Waals surface area contributed by atoms with Crippen molar-refractivity contribution >= 4 is 17.3 Å². The molecule has 0 aliphatic carbocycles. The van der Waals surface area contributed by atoms with Crippen molar-refractivity contribution in [3.8, 4) is 0 Å². The van der Waals surface area contributed by atoms with Gasteiger partial charge in [-0.25, -0.2) is 0 Å². The standard InChI is InChI=1S/C14H20N2O/c1-14(2,3)9-15-11-5-6-12-10(8-11)4-7-13(17)16-12/h5-6,8,15H,4,7,9H2,1-3H3,(H,16,17). The molecule has 0 saturated carbocycles. The highest BCUT2D eigenvalue weighted by molar-refractivity contribution is 5.94. The molecule has 0 aromatic heterocycles. The molecule has 3 nitrogen and oxygen atoms in total. The SMILES string of the molecule is CC(C)(C)CNc1ccc2c(c1)CCC(=O)N2. The van der Waals surface area contributed by atoms with E-state index in [9.17, 15) is 4.79 Å². The lowest BCUT2D eigenvalue weighted by molar-refractivity contribution is -0.116. The Morgan fingerprint density at radius 2 is 2.06 bits per heavy atom. The van der Waals surface area contributed by atoms with E-state index in [0.29, 0.717) is 6.42 Å². The third-order valence-corrected chi connectivity index (χ3v) is 2.82. The van der Waals surface area contributed by atoms with Gasteiger partial charge in [-0.1, -0.05) is 20.8 Å². The number of benzene rings is 1. The van der Waals surface area contributed by atoms with Crippen molar-refractivity contribution in [1.82, 2.24) is 0 Å². The first-order valence-electron chi connectivity index (χ1n) is 6.11. The van der Waals surface area contributed by atoms with Crippen LogP contribution in [0.25, 0.3) is 0 Å². The Balaban J connectivity index is 2.09. The topological polar surface area (TPSA) is 41.1 Å². The summed E-state index contributed by atoms with van der Waals surface area (Å²) in [4.78, 5) is 11.2. The largest absolute Gasteiger partial charge is 0.385 e. The minimum Gasteiger partial charge on any atom is -0.385 e. The summed E-state index contributed by atoms with van der Waals surface area (Å²) in [5, 5.41) is 6.33. The minimum atomic E-state index is 0.118. The van der Waals surface area contributed by atoms with Crippen LogP contribution < -0.4 is 10.6 Å². The number of nitrogens with one attached hydrogen (secondary N) is 2. The second kappa shape index (κ2) is 4.40. The molecule has 17 heavy (non-hydrogen) atoms. The monoisotopic (exact) mass is 232 g/mol. The van der Waals surface area contributed by atoms with Gasteiger partial charge in [0.15, 0.2) is 0 Å². The summed E-state index contributed by atoms with van der Waals surface area (Å²) in [7, 11) is 0. The fourth-order valence-electron chi connectivity index (χ4n) is 1.86. The predicted molar refractivity (Wildman–Crippen MR) is 71.3 cm³/mol. The van der Waals surface area contributed by atoms with E-state index < -0.39 is 0 Å². The second-order valence-corrected chi connectivity index (χ2v) is 5.83. The first kappa shape index (κ1) is 12.0. The molecule has 1 aromatic rings. The van der Waals surface area contributed by atoms with Crippen LogP contribution in [-0.2, 0) is 11.2 Å². The fraction of sp³-hybridized carbons (Fsp3) is 0.500. The zero-order valence-corrected chi connectivity index (χ0v) is 10.8. The average Bonchev–Trinajstić information content (AvgIpc) is 2.25. The van der Waals surface area contributed by atoms with Crippen LogP contribution >= 0.6 is 0 Å². The van der Waals surface area contributed by atoms with Gasteiger partial charge in [-0.15, -0.1) is 0 Å². The number of rotatable bonds is 2. The Kier molecular flexibility index (Phi) is 3.09. The first-order valence-corrected chi connectivity index (χ1v) is 6.11. The Bertz CT molecular complexity index is 432. The van der Waals surface area contributed by atoms with E-state index in [1.807, 2.05) is 12.1 Å². The molecule has 1 heterocycles. The summed E-state index contributed by atoms with van der Waals surface area (Å²) in [5.74, 6) is 0.118. The zero-order valence-electron chi connectivity index (χ0n) is 10.8. The maximum Gasteiger partial charge on any atom is 0.224 e. The lowest BCUT2D eigenvalue weighted by atomic mass is 9.96. The molecule has 0 fully saturated rings. The number of aryl methyl sites for hydroxylation is 1. The predicted octanol–water partition coefficient (Wildman–Crippen LogP) is 3.03. The van der Waals surface area contributed by atoms with Crippen LogP contribution in [0.15, 0.2) is 18.2 Å². The molecule has 92 valence electrons. The number of carbonyl (C=O) groups is 1. The van der Waals surface area contributed by atoms with Gasteiger partial charge in [0.25, 0.3) is 0 Å². The van der Waals surface area contributed by atoms with Crippen molar-refractivity contribution in [2.45, 2.75) is 33.6 Å². The number of hydrogen-bond donors (Lipinski definition) is 2. The number of carbonyl (C=O) groups excluding carboxylic acids is 1. The number of fused-ring (bicyclic) bond motifs is 1. The second-order valence-electron chi connectivity index (χ2n) is 5.83. The first-order chi connectivity index (χ1) is 7.94. The summed E-state index contributed by atoms with van der Waals surface area (Å²) in [6, 6.07) is 6.15. The molecule has 0 spiro atoms. The molecule has 2 rings (SSSR count). The highest BCUT2D eigenvalue weighted by Crippen LogP contribution is 2.26. The molecule has 0 radical (unpaired) electrons. The van der Waals surface area contributed by atoms with Gasteiger partial charge in [-0.3, -0.25) is 4.79 Å². The smallest absolute Gasteiger partial charge is 0.224 e. The molecular weight excluding hydrogens is 212 g/mol. The maximum absolute atomic E-state index is 11.2. The van der Waals surface area contributed by atoms with Gasteiger partial charge in [0.2, 0.25) is 5.91 Å². The number of hydrogen-bond acceptors (Lipinski definition) is 2. The van der Waals surface area contributed by atoms with Crippen LogP contribution in [0.3, 0.4) is 0 Å². The van der Waals surface area contributed by atoms with Crippen LogP contribution in [0.2, 0.25) is 0 Å². The maximum atomic E-state index is 11.2. The molecule has 1 amide bonds. The molecule has 0 saturated heterocycles.